The summed E-state index contributed by atoms with van der Waals surface area (Å²) < 4.78 is 20.6. The Morgan fingerprint density at radius 1 is 1.31 bits per heavy atom. The van der Waals surface area contributed by atoms with E-state index in [2.05, 4.69) is 15.9 Å². The van der Waals surface area contributed by atoms with Crippen LogP contribution >= 0.6 is 15.9 Å². The third-order valence-corrected chi connectivity index (χ3v) is 6.14. The fourth-order valence-electron chi connectivity index (χ4n) is 1.26. The smallest absolute Gasteiger partial charge is 0.0494 e. The van der Waals surface area contributed by atoms with E-state index in [4.69, 9.17) is 4.78 Å². The van der Waals surface area contributed by atoms with Gasteiger partial charge in [0.2, 0.25) is 0 Å². The molecule has 0 aromatic heterocycles. The standard InChI is InChI=1S/C12H18BrNOS/c1-12(2,3)16(14,15)9-8-10-6-4-5-7-11(10)13/h4-7,14H,8-9H2,1-3H3/t16-/m0/s1. The predicted octanol–water partition coefficient (Wildman–Crippen LogP) is 3.84. The molecule has 4 heteroatoms. The number of hydrogen-bond donors (Lipinski definition) is 1. The van der Waals surface area contributed by atoms with Crippen molar-refractivity contribution in [2.24, 2.45) is 0 Å². The Balaban J connectivity index is 2.77. The van der Waals surface area contributed by atoms with Gasteiger partial charge in [0.1, 0.15) is 0 Å². The number of benzene rings is 1. The van der Waals surface area contributed by atoms with Crippen LogP contribution in [0.15, 0.2) is 28.7 Å². The van der Waals surface area contributed by atoms with Crippen LogP contribution in [0.1, 0.15) is 26.3 Å². The molecule has 1 N–H and O–H groups in total. The quantitative estimate of drug-likeness (QED) is 0.905. The van der Waals surface area contributed by atoms with Crippen molar-refractivity contribution in [3.63, 3.8) is 0 Å². The van der Waals surface area contributed by atoms with Gasteiger partial charge in [-0.3, -0.25) is 4.78 Å². The Labute approximate surface area is 107 Å². The Morgan fingerprint density at radius 2 is 1.88 bits per heavy atom. The third-order valence-electron chi connectivity index (χ3n) is 2.61. The lowest BCUT2D eigenvalue weighted by molar-refractivity contribution is 0.636. The normalized spacial score (nSPS) is 15.8. The van der Waals surface area contributed by atoms with Crippen molar-refractivity contribution in [1.29, 1.82) is 4.78 Å². The van der Waals surface area contributed by atoms with Gasteiger partial charge in [0.15, 0.2) is 0 Å². The van der Waals surface area contributed by atoms with Crippen LogP contribution in [0.3, 0.4) is 0 Å². The molecule has 16 heavy (non-hydrogen) atoms. The van der Waals surface area contributed by atoms with Gasteiger partial charge in [-0.15, -0.1) is 0 Å². The van der Waals surface area contributed by atoms with Gasteiger partial charge in [0, 0.05) is 24.7 Å². The Kier molecular flexibility index (Phi) is 4.18. The molecule has 1 aromatic carbocycles. The zero-order valence-electron chi connectivity index (χ0n) is 9.92. The molecule has 0 heterocycles. The molecule has 1 aromatic rings. The second-order valence-electron chi connectivity index (χ2n) is 4.83. The van der Waals surface area contributed by atoms with Crippen molar-refractivity contribution in [1.82, 2.24) is 0 Å². The van der Waals surface area contributed by atoms with E-state index in [0.29, 0.717) is 12.2 Å². The maximum atomic E-state index is 12.1. The summed E-state index contributed by atoms with van der Waals surface area (Å²) in [5.41, 5.74) is 1.12. The van der Waals surface area contributed by atoms with Gasteiger partial charge in [-0.2, -0.15) is 0 Å². The molecule has 1 rings (SSSR count). The van der Waals surface area contributed by atoms with Crippen molar-refractivity contribution in [3.8, 4) is 0 Å². The molecule has 0 saturated heterocycles. The summed E-state index contributed by atoms with van der Waals surface area (Å²) >= 11 is 3.46. The van der Waals surface area contributed by atoms with Crippen molar-refractivity contribution in [2.75, 3.05) is 5.75 Å². The summed E-state index contributed by atoms with van der Waals surface area (Å²) in [5, 5.41) is 0. The monoisotopic (exact) mass is 303 g/mol. The first-order chi connectivity index (χ1) is 7.24. The molecule has 2 nitrogen and oxygen atoms in total. The van der Waals surface area contributed by atoms with E-state index in [9.17, 15) is 4.21 Å². The molecular formula is C12H18BrNOS. The van der Waals surface area contributed by atoms with Crippen LogP contribution in [-0.4, -0.2) is 14.7 Å². The molecule has 0 aliphatic rings. The molecule has 1 atom stereocenters. The van der Waals surface area contributed by atoms with Gasteiger partial charge in [-0.25, -0.2) is 4.21 Å². The fourth-order valence-corrected chi connectivity index (χ4v) is 2.86. The Hall–Kier alpha value is -0.350. The minimum atomic E-state index is -2.53. The van der Waals surface area contributed by atoms with Gasteiger partial charge in [0.25, 0.3) is 0 Å². The zero-order chi connectivity index (χ0) is 12.4. The maximum absolute atomic E-state index is 12.1. The van der Waals surface area contributed by atoms with E-state index in [1.54, 1.807) is 0 Å². The summed E-state index contributed by atoms with van der Waals surface area (Å²) in [6.07, 6.45) is 0.682. The topological polar surface area (TPSA) is 40.9 Å². The lowest BCUT2D eigenvalue weighted by Gasteiger charge is -2.22. The lowest BCUT2D eigenvalue weighted by Crippen LogP contribution is -2.29. The number of hydrogen-bond acceptors (Lipinski definition) is 2. The van der Waals surface area contributed by atoms with Crippen molar-refractivity contribution < 1.29 is 4.21 Å². The number of halogens is 1. The average Bonchev–Trinajstić information content (AvgIpc) is 2.15. The minimum Gasteiger partial charge on any atom is -0.252 e. The molecular weight excluding hydrogens is 286 g/mol. The second kappa shape index (κ2) is 4.88. The second-order valence-corrected chi connectivity index (χ2v) is 8.67. The van der Waals surface area contributed by atoms with E-state index in [1.165, 1.54) is 0 Å². The first kappa shape index (κ1) is 13.7. The highest BCUT2D eigenvalue weighted by atomic mass is 79.9. The molecule has 0 amide bonds. The predicted molar refractivity (Wildman–Crippen MR) is 73.3 cm³/mol. The lowest BCUT2D eigenvalue weighted by atomic mass is 10.2. The first-order valence-corrected chi connectivity index (χ1v) is 7.75. The summed E-state index contributed by atoms with van der Waals surface area (Å²) in [6.45, 7) is 5.59. The molecule has 0 unspecified atom stereocenters. The van der Waals surface area contributed by atoms with Crippen LogP contribution in [0.25, 0.3) is 0 Å². The summed E-state index contributed by atoms with van der Waals surface area (Å²) in [4.78, 5) is 0. The molecule has 90 valence electrons. The Bertz CT molecular complexity index is 460. The number of nitrogens with one attached hydrogen (secondary N) is 1. The number of rotatable bonds is 3. The van der Waals surface area contributed by atoms with Crippen molar-refractivity contribution >= 4 is 25.7 Å². The van der Waals surface area contributed by atoms with E-state index < -0.39 is 14.5 Å². The first-order valence-electron chi connectivity index (χ1n) is 5.23. The zero-order valence-corrected chi connectivity index (χ0v) is 12.3. The van der Waals surface area contributed by atoms with Crippen LogP contribution in [0.5, 0.6) is 0 Å². The van der Waals surface area contributed by atoms with Crippen LogP contribution in [0.4, 0.5) is 0 Å². The Morgan fingerprint density at radius 3 is 2.38 bits per heavy atom. The highest BCUT2D eigenvalue weighted by Gasteiger charge is 2.24. The molecule has 0 aliphatic carbocycles. The molecule has 0 spiro atoms. The SMILES string of the molecule is CC(C)(C)[S@@](=N)(=O)CCc1ccccc1Br. The van der Waals surface area contributed by atoms with Crippen LogP contribution in [-0.2, 0) is 16.1 Å². The average molecular weight is 304 g/mol. The van der Waals surface area contributed by atoms with Crippen molar-refractivity contribution in [3.05, 3.63) is 34.3 Å². The van der Waals surface area contributed by atoms with Gasteiger partial charge in [-0.05, 0) is 38.8 Å². The summed E-state index contributed by atoms with van der Waals surface area (Å²) in [5.74, 6) is 0.416. The van der Waals surface area contributed by atoms with E-state index in [1.807, 2.05) is 45.0 Å². The fraction of sp³-hybridized carbons (Fsp3) is 0.500. The minimum absolute atomic E-state index is 0.416. The maximum Gasteiger partial charge on any atom is 0.0494 e. The van der Waals surface area contributed by atoms with E-state index >= 15 is 0 Å². The van der Waals surface area contributed by atoms with Crippen LogP contribution in [0.2, 0.25) is 0 Å². The van der Waals surface area contributed by atoms with Gasteiger partial charge < -0.3 is 0 Å². The van der Waals surface area contributed by atoms with Gasteiger partial charge in [-0.1, -0.05) is 34.1 Å². The highest BCUT2D eigenvalue weighted by Crippen LogP contribution is 2.21. The molecule has 0 bridgehead atoms. The van der Waals surface area contributed by atoms with Crippen LogP contribution in [0, 0.1) is 4.78 Å². The molecule has 0 radical (unpaired) electrons. The van der Waals surface area contributed by atoms with Crippen molar-refractivity contribution in [2.45, 2.75) is 31.9 Å². The number of aryl methyl sites for hydroxylation is 1. The highest BCUT2D eigenvalue weighted by molar-refractivity contribution is 9.10. The molecule has 0 saturated carbocycles. The van der Waals surface area contributed by atoms with Gasteiger partial charge in [0.05, 0.1) is 0 Å². The van der Waals surface area contributed by atoms with Gasteiger partial charge >= 0.3 is 0 Å². The molecule has 0 fully saturated rings. The summed E-state index contributed by atoms with van der Waals surface area (Å²) in [6, 6.07) is 7.89. The molecule has 0 aliphatic heterocycles. The van der Waals surface area contributed by atoms with Crippen LogP contribution < -0.4 is 0 Å². The third kappa shape index (κ3) is 3.32. The summed E-state index contributed by atoms with van der Waals surface area (Å²) in [7, 11) is -2.53. The van der Waals surface area contributed by atoms with E-state index in [-0.39, 0.29) is 0 Å². The van der Waals surface area contributed by atoms with E-state index in [0.717, 1.165) is 10.0 Å². The largest absolute Gasteiger partial charge is 0.252 e.